The van der Waals surface area contributed by atoms with Gasteiger partial charge < -0.3 is 9.42 Å². The molecule has 0 aliphatic carbocycles. The van der Waals surface area contributed by atoms with E-state index in [1.807, 2.05) is 0 Å². The van der Waals surface area contributed by atoms with Gasteiger partial charge in [-0.05, 0) is 24.6 Å². The minimum atomic E-state index is -2.62. The van der Waals surface area contributed by atoms with Gasteiger partial charge >= 0.3 is 0 Å². The van der Waals surface area contributed by atoms with Gasteiger partial charge in [0.1, 0.15) is 0 Å². The number of rotatable bonds is 34. The van der Waals surface area contributed by atoms with Crippen molar-refractivity contribution in [2.24, 2.45) is 0 Å². The second-order valence-corrected chi connectivity index (χ2v) is 18.3. The molecule has 1 N–H and O–H groups in total. The average molecular weight is 607 g/mol. The summed E-state index contributed by atoms with van der Waals surface area (Å²) in [5.74, 6) is 0.949. The van der Waals surface area contributed by atoms with Crippen LogP contribution in [0.4, 0.5) is 0 Å². The minimum absolute atomic E-state index is 0.637. The van der Waals surface area contributed by atoms with Gasteiger partial charge in [-0.15, -0.1) is 0 Å². The van der Waals surface area contributed by atoms with Crippen molar-refractivity contribution in [3.8, 4) is 0 Å². The second kappa shape index (κ2) is 33.4. The van der Waals surface area contributed by atoms with Crippen molar-refractivity contribution >= 4 is 28.9 Å². The van der Waals surface area contributed by atoms with Crippen molar-refractivity contribution < 1.29 is 9.42 Å². The summed E-state index contributed by atoms with van der Waals surface area (Å²) in [5.41, 5.74) is -2.62. The SMILES string of the molecule is CCCCCCCCCCCCCCCCCOP(O)(=S)SCCCCCCCCCCCCCCCCC. The van der Waals surface area contributed by atoms with Gasteiger partial charge in [-0.2, -0.15) is 0 Å². The molecule has 0 aliphatic heterocycles. The highest BCUT2D eigenvalue weighted by Crippen LogP contribution is 2.56. The zero-order valence-corrected chi connectivity index (χ0v) is 29.3. The van der Waals surface area contributed by atoms with Gasteiger partial charge in [0.25, 0.3) is 0 Å². The van der Waals surface area contributed by atoms with Crippen LogP contribution < -0.4 is 0 Å². The Kier molecular flexibility index (Phi) is 34.2. The molecule has 236 valence electrons. The Bertz CT molecular complexity index is 464. The average Bonchev–Trinajstić information content (AvgIpc) is 2.92. The van der Waals surface area contributed by atoms with Crippen molar-refractivity contribution in [2.45, 2.75) is 206 Å². The summed E-state index contributed by atoms with van der Waals surface area (Å²) in [6, 6.07) is 0. The first kappa shape index (κ1) is 39.9. The van der Waals surface area contributed by atoms with Gasteiger partial charge in [0, 0.05) is 5.75 Å². The monoisotopic (exact) mass is 606 g/mol. The lowest BCUT2D eigenvalue weighted by molar-refractivity contribution is 0.307. The van der Waals surface area contributed by atoms with E-state index < -0.39 is 5.69 Å². The van der Waals surface area contributed by atoms with Gasteiger partial charge in [-0.1, -0.05) is 205 Å². The van der Waals surface area contributed by atoms with Crippen LogP contribution in [0.3, 0.4) is 0 Å². The largest absolute Gasteiger partial charge is 0.337 e. The Morgan fingerprint density at radius 3 is 1.00 bits per heavy atom. The van der Waals surface area contributed by atoms with E-state index >= 15 is 0 Å². The van der Waals surface area contributed by atoms with Crippen molar-refractivity contribution in [1.82, 2.24) is 0 Å². The predicted molar refractivity (Wildman–Crippen MR) is 185 cm³/mol. The lowest BCUT2D eigenvalue weighted by Crippen LogP contribution is -1.92. The van der Waals surface area contributed by atoms with Crippen molar-refractivity contribution in [3.63, 3.8) is 0 Å². The van der Waals surface area contributed by atoms with Crippen LogP contribution in [0.1, 0.15) is 206 Å². The van der Waals surface area contributed by atoms with Crippen LogP contribution in [-0.4, -0.2) is 17.3 Å². The Hall–Kier alpha value is 0.920. The molecule has 0 aromatic heterocycles. The molecule has 0 spiro atoms. The molecule has 0 aromatic rings. The maximum atomic E-state index is 10.4. The molecule has 0 amide bonds. The zero-order chi connectivity index (χ0) is 28.5. The van der Waals surface area contributed by atoms with Crippen LogP contribution in [0.5, 0.6) is 0 Å². The van der Waals surface area contributed by atoms with Crippen molar-refractivity contribution in [2.75, 3.05) is 12.4 Å². The molecule has 0 aliphatic rings. The summed E-state index contributed by atoms with van der Waals surface area (Å²) in [7, 11) is 0. The Balaban J connectivity index is 3.27. The quantitative estimate of drug-likeness (QED) is 0.0583. The van der Waals surface area contributed by atoms with E-state index in [0.717, 1.165) is 18.6 Å². The van der Waals surface area contributed by atoms with Crippen LogP contribution in [0.2, 0.25) is 0 Å². The van der Waals surface area contributed by atoms with E-state index in [2.05, 4.69) is 13.8 Å². The normalized spacial score (nSPS) is 13.2. The third-order valence-corrected chi connectivity index (χ3v) is 12.4. The molecule has 0 saturated heterocycles. The topological polar surface area (TPSA) is 29.5 Å². The van der Waals surface area contributed by atoms with Gasteiger partial charge in [-0.25, -0.2) is 0 Å². The fourth-order valence-electron chi connectivity index (χ4n) is 5.34. The molecule has 0 heterocycles. The Morgan fingerprint density at radius 1 is 0.436 bits per heavy atom. The van der Waals surface area contributed by atoms with Crippen molar-refractivity contribution in [1.29, 1.82) is 0 Å². The molecule has 0 aromatic carbocycles. The van der Waals surface area contributed by atoms with E-state index in [4.69, 9.17) is 16.3 Å². The minimum Gasteiger partial charge on any atom is -0.337 e. The molecule has 0 bridgehead atoms. The number of unbranched alkanes of at least 4 members (excludes halogenated alkanes) is 28. The lowest BCUT2D eigenvalue weighted by Gasteiger charge is -2.14. The van der Waals surface area contributed by atoms with Crippen LogP contribution in [-0.2, 0) is 16.3 Å². The van der Waals surface area contributed by atoms with Crippen LogP contribution >= 0.6 is 17.1 Å². The summed E-state index contributed by atoms with van der Waals surface area (Å²) in [5, 5.41) is 0. The van der Waals surface area contributed by atoms with E-state index in [1.165, 1.54) is 191 Å². The Morgan fingerprint density at radius 2 is 0.692 bits per heavy atom. The zero-order valence-electron chi connectivity index (χ0n) is 26.7. The smallest absolute Gasteiger partial charge is 0.244 e. The Labute approximate surface area is 256 Å². The fraction of sp³-hybridized carbons (Fsp3) is 1.00. The highest BCUT2D eigenvalue weighted by atomic mass is 32.9. The van der Waals surface area contributed by atoms with Crippen LogP contribution in [0.25, 0.3) is 0 Å². The molecule has 0 rings (SSSR count). The van der Waals surface area contributed by atoms with Gasteiger partial charge in [0.15, 0.2) is 0 Å². The first-order valence-electron chi connectivity index (χ1n) is 17.7. The van der Waals surface area contributed by atoms with Crippen LogP contribution in [0, 0.1) is 0 Å². The van der Waals surface area contributed by atoms with E-state index in [1.54, 1.807) is 0 Å². The van der Waals surface area contributed by atoms with E-state index in [-0.39, 0.29) is 0 Å². The predicted octanol–water partition coefficient (Wildman–Crippen LogP) is 13.7. The third-order valence-electron chi connectivity index (χ3n) is 8.00. The molecule has 2 nitrogen and oxygen atoms in total. The first-order valence-corrected chi connectivity index (χ1v) is 22.0. The van der Waals surface area contributed by atoms with E-state index in [0.29, 0.717) is 6.61 Å². The van der Waals surface area contributed by atoms with Gasteiger partial charge in [0.05, 0.1) is 6.61 Å². The number of hydrogen-bond donors (Lipinski definition) is 1. The van der Waals surface area contributed by atoms with E-state index in [9.17, 15) is 4.89 Å². The summed E-state index contributed by atoms with van der Waals surface area (Å²) in [4.78, 5) is 10.4. The summed E-state index contributed by atoms with van der Waals surface area (Å²) in [6.45, 7) is 5.22. The van der Waals surface area contributed by atoms with Crippen LogP contribution in [0.15, 0.2) is 0 Å². The molecule has 0 radical (unpaired) electrons. The maximum absolute atomic E-state index is 10.4. The first-order chi connectivity index (χ1) is 19.1. The molecule has 1 atom stereocenters. The molecule has 5 heteroatoms. The molecular weight excluding hydrogens is 535 g/mol. The molecule has 0 fully saturated rings. The summed E-state index contributed by atoms with van der Waals surface area (Å²) < 4.78 is 5.71. The second-order valence-electron chi connectivity index (χ2n) is 12.0. The summed E-state index contributed by atoms with van der Waals surface area (Å²) >= 11 is 6.87. The summed E-state index contributed by atoms with van der Waals surface area (Å²) in [6.07, 6.45) is 41.3. The maximum Gasteiger partial charge on any atom is 0.244 e. The molecule has 39 heavy (non-hydrogen) atoms. The molecular formula is C34H71O2PS2. The fourth-order valence-corrected chi connectivity index (χ4v) is 8.76. The highest BCUT2D eigenvalue weighted by Gasteiger charge is 2.13. The van der Waals surface area contributed by atoms with Gasteiger partial charge in [0.2, 0.25) is 5.69 Å². The molecule has 1 unspecified atom stereocenters. The lowest BCUT2D eigenvalue weighted by atomic mass is 10.0. The highest BCUT2D eigenvalue weighted by molar-refractivity contribution is 8.67. The molecule has 0 saturated carbocycles. The number of hydrogen-bond acceptors (Lipinski definition) is 3. The van der Waals surface area contributed by atoms with Crippen molar-refractivity contribution in [3.05, 3.63) is 0 Å². The third kappa shape index (κ3) is 35.0. The standard InChI is InChI=1S/C34H71O2PS2/c1-3-5-7-9-11-13-15-17-19-21-23-25-27-29-31-33-36-37(35,38)39-34-32-30-28-26-24-22-20-18-16-14-12-10-8-6-4-2/h3-34H2,1-2H3,(H,35,38). The van der Waals surface area contributed by atoms with Gasteiger partial charge in [-0.3, -0.25) is 0 Å².